The van der Waals surface area contributed by atoms with Gasteiger partial charge in [0.25, 0.3) is 0 Å². The van der Waals surface area contributed by atoms with Gasteiger partial charge < -0.3 is 5.32 Å². The van der Waals surface area contributed by atoms with Crippen molar-refractivity contribution in [3.05, 3.63) is 11.9 Å². The van der Waals surface area contributed by atoms with Crippen LogP contribution in [0.3, 0.4) is 0 Å². The van der Waals surface area contributed by atoms with E-state index in [1.54, 1.807) is 0 Å². The molecule has 1 fully saturated rings. The largest absolute Gasteiger partial charge is 0.314 e. The van der Waals surface area contributed by atoms with Gasteiger partial charge in [-0.15, -0.1) is 17.5 Å². The summed E-state index contributed by atoms with van der Waals surface area (Å²) in [6.45, 7) is 6.45. The van der Waals surface area contributed by atoms with E-state index in [0.29, 0.717) is 6.04 Å². The van der Waals surface area contributed by atoms with Crippen molar-refractivity contribution in [2.45, 2.75) is 19.5 Å². The molecule has 6 heteroatoms. The first-order valence-electron chi connectivity index (χ1n) is 5.05. The second-order valence-electron chi connectivity index (χ2n) is 3.87. The molecule has 0 aromatic carbocycles. The molecule has 1 aromatic rings. The smallest absolute Gasteiger partial charge is 0.0738 e. The van der Waals surface area contributed by atoms with Crippen molar-refractivity contribution in [1.29, 1.82) is 0 Å². The van der Waals surface area contributed by atoms with E-state index in [2.05, 4.69) is 27.5 Å². The first-order chi connectivity index (χ1) is 6.77. The zero-order chi connectivity index (χ0) is 9.97. The van der Waals surface area contributed by atoms with Gasteiger partial charge in [0, 0.05) is 39.3 Å². The lowest BCUT2D eigenvalue weighted by atomic mass is 10.2. The predicted octanol–water partition coefficient (Wildman–Crippen LogP) is 0.0306. The molecule has 0 bridgehead atoms. The summed E-state index contributed by atoms with van der Waals surface area (Å²) >= 11 is 0. The minimum absolute atomic E-state index is 0. The van der Waals surface area contributed by atoms with Crippen LogP contribution in [0.2, 0.25) is 0 Å². The molecule has 0 aliphatic carbocycles. The Morgan fingerprint density at radius 3 is 3.00 bits per heavy atom. The Morgan fingerprint density at radius 1 is 1.60 bits per heavy atom. The number of aromatic nitrogens is 3. The molecule has 1 atom stereocenters. The highest BCUT2D eigenvalue weighted by atomic mass is 35.5. The summed E-state index contributed by atoms with van der Waals surface area (Å²) in [4.78, 5) is 2.45. The maximum absolute atomic E-state index is 3.93. The van der Waals surface area contributed by atoms with E-state index in [-0.39, 0.29) is 12.4 Å². The Bertz CT molecular complexity index is 300. The predicted molar refractivity (Wildman–Crippen MR) is 61.0 cm³/mol. The van der Waals surface area contributed by atoms with Gasteiger partial charge in [0.15, 0.2) is 0 Å². The van der Waals surface area contributed by atoms with Crippen molar-refractivity contribution in [2.24, 2.45) is 7.05 Å². The van der Waals surface area contributed by atoms with Crippen molar-refractivity contribution in [3.8, 4) is 0 Å². The molecule has 1 N–H and O–H groups in total. The van der Waals surface area contributed by atoms with Crippen molar-refractivity contribution < 1.29 is 0 Å². The molecule has 0 spiro atoms. The lowest BCUT2D eigenvalue weighted by Crippen LogP contribution is -2.49. The summed E-state index contributed by atoms with van der Waals surface area (Å²) < 4.78 is 1.84. The Labute approximate surface area is 96.2 Å². The molecule has 1 aliphatic rings. The van der Waals surface area contributed by atoms with Gasteiger partial charge in [-0.25, -0.2) is 0 Å². The summed E-state index contributed by atoms with van der Waals surface area (Å²) in [5.41, 5.74) is 1.18. The Kier molecular flexibility index (Phi) is 4.50. The fourth-order valence-electron chi connectivity index (χ4n) is 1.78. The molecule has 86 valence electrons. The average molecular weight is 232 g/mol. The number of aryl methyl sites for hydroxylation is 1. The van der Waals surface area contributed by atoms with Crippen molar-refractivity contribution in [2.75, 3.05) is 19.6 Å². The molecule has 0 amide bonds. The summed E-state index contributed by atoms with van der Waals surface area (Å²) in [6, 6.07) is 0.596. The lowest BCUT2D eigenvalue weighted by molar-refractivity contribution is 0.162. The monoisotopic (exact) mass is 231 g/mol. The van der Waals surface area contributed by atoms with Gasteiger partial charge in [-0.05, 0) is 6.92 Å². The van der Waals surface area contributed by atoms with Crippen LogP contribution in [0.15, 0.2) is 6.20 Å². The first-order valence-corrected chi connectivity index (χ1v) is 5.05. The van der Waals surface area contributed by atoms with Crippen molar-refractivity contribution in [1.82, 2.24) is 25.2 Å². The van der Waals surface area contributed by atoms with Gasteiger partial charge in [-0.3, -0.25) is 9.58 Å². The van der Waals surface area contributed by atoms with Gasteiger partial charge >= 0.3 is 0 Å². The van der Waals surface area contributed by atoms with E-state index in [9.17, 15) is 0 Å². The van der Waals surface area contributed by atoms with Gasteiger partial charge in [0.05, 0.1) is 11.9 Å². The molecule has 0 radical (unpaired) electrons. The zero-order valence-corrected chi connectivity index (χ0v) is 10.00. The average Bonchev–Trinajstić information content (AvgIpc) is 2.56. The van der Waals surface area contributed by atoms with Crippen LogP contribution >= 0.6 is 12.4 Å². The second-order valence-corrected chi connectivity index (χ2v) is 3.87. The third-order valence-electron chi connectivity index (χ3n) is 2.81. The molecule has 1 aromatic heterocycles. The number of nitrogens with zero attached hydrogens (tertiary/aromatic N) is 4. The Morgan fingerprint density at radius 2 is 2.40 bits per heavy atom. The topological polar surface area (TPSA) is 46.0 Å². The fourth-order valence-corrected chi connectivity index (χ4v) is 1.78. The van der Waals surface area contributed by atoms with Crippen LogP contribution in [0.1, 0.15) is 12.6 Å². The number of halogens is 1. The first kappa shape index (κ1) is 12.4. The SMILES string of the molecule is C[C@@H]1CNCCN1Cc1cnnn1C.Cl. The van der Waals surface area contributed by atoms with Crippen LogP contribution in [0, 0.1) is 0 Å². The number of hydrogen-bond acceptors (Lipinski definition) is 4. The number of hydrogen-bond donors (Lipinski definition) is 1. The number of nitrogens with one attached hydrogen (secondary N) is 1. The van der Waals surface area contributed by atoms with Gasteiger partial charge in [-0.1, -0.05) is 5.21 Å². The quantitative estimate of drug-likeness (QED) is 0.780. The molecule has 0 saturated carbocycles. The van der Waals surface area contributed by atoms with Crippen LogP contribution in [-0.4, -0.2) is 45.6 Å². The highest BCUT2D eigenvalue weighted by Gasteiger charge is 2.18. The zero-order valence-electron chi connectivity index (χ0n) is 9.18. The highest BCUT2D eigenvalue weighted by molar-refractivity contribution is 5.85. The maximum Gasteiger partial charge on any atom is 0.0738 e. The van der Waals surface area contributed by atoms with E-state index in [1.165, 1.54) is 5.69 Å². The Hall–Kier alpha value is -0.650. The Balaban J connectivity index is 0.00000112. The standard InChI is InChI=1S/C9H17N5.ClH/c1-8-5-10-3-4-14(8)7-9-6-11-12-13(9)2;/h6,8,10H,3-5,7H2,1-2H3;1H/t8-;/m1./s1. The second kappa shape index (κ2) is 5.44. The third kappa shape index (κ3) is 2.90. The molecule has 2 heterocycles. The molecule has 2 rings (SSSR count). The molecule has 1 aliphatic heterocycles. The van der Waals surface area contributed by atoms with Gasteiger partial charge in [0.1, 0.15) is 0 Å². The van der Waals surface area contributed by atoms with Crippen molar-refractivity contribution >= 4 is 12.4 Å². The maximum atomic E-state index is 3.93. The van der Waals surface area contributed by atoms with Gasteiger partial charge in [0.2, 0.25) is 0 Å². The molecule has 15 heavy (non-hydrogen) atoms. The third-order valence-corrected chi connectivity index (χ3v) is 2.81. The van der Waals surface area contributed by atoms with Crippen LogP contribution in [0.25, 0.3) is 0 Å². The lowest BCUT2D eigenvalue weighted by Gasteiger charge is -2.33. The molecular weight excluding hydrogens is 214 g/mol. The molecule has 5 nitrogen and oxygen atoms in total. The van der Waals surface area contributed by atoms with E-state index in [4.69, 9.17) is 0 Å². The van der Waals surface area contributed by atoms with E-state index < -0.39 is 0 Å². The normalized spacial score (nSPS) is 22.4. The highest BCUT2D eigenvalue weighted by Crippen LogP contribution is 2.07. The summed E-state index contributed by atoms with van der Waals surface area (Å²) in [7, 11) is 1.94. The van der Waals surface area contributed by atoms with Gasteiger partial charge in [-0.2, -0.15) is 0 Å². The van der Waals surface area contributed by atoms with Crippen LogP contribution < -0.4 is 5.32 Å². The summed E-state index contributed by atoms with van der Waals surface area (Å²) in [5.74, 6) is 0. The van der Waals surface area contributed by atoms with E-state index in [1.807, 2.05) is 17.9 Å². The molecule has 0 unspecified atom stereocenters. The minimum atomic E-state index is 0. The number of piperazine rings is 1. The van der Waals surface area contributed by atoms with E-state index in [0.717, 1.165) is 26.2 Å². The minimum Gasteiger partial charge on any atom is -0.314 e. The summed E-state index contributed by atoms with van der Waals surface area (Å²) in [6.07, 6.45) is 1.84. The molecular formula is C9H18ClN5. The van der Waals surface area contributed by atoms with Crippen molar-refractivity contribution in [3.63, 3.8) is 0 Å². The summed E-state index contributed by atoms with van der Waals surface area (Å²) in [5, 5.41) is 11.2. The van der Waals surface area contributed by atoms with Crippen LogP contribution in [-0.2, 0) is 13.6 Å². The van der Waals surface area contributed by atoms with Crippen LogP contribution in [0.4, 0.5) is 0 Å². The number of rotatable bonds is 2. The van der Waals surface area contributed by atoms with Crippen LogP contribution in [0.5, 0.6) is 0 Å². The molecule has 1 saturated heterocycles. The fraction of sp³-hybridized carbons (Fsp3) is 0.778. The van der Waals surface area contributed by atoms with E-state index >= 15 is 0 Å².